The minimum absolute atomic E-state index is 0.0642. The molecule has 0 fully saturated rings. The van der Waals surface area contributed by atoms with Gasteiger partial charge in [-0.15, -0.1) is 0 Å². The van der Waals surface area contributed by atoms with Gasteiger partial charge < -0.3 is 40.5 Å². The average Bonchev–Trinajstić information content (AvgIpc) is 2.46. The molecular weight excluding hydrogens is 331 g/mol. The molecule has 1 aliphatic heterocycles. The number of carbonyl (C=O) groups is 1. The second kappa shape index (κ2) is 8.20. The molecule has 1 heterocycles. The fourth-order valence-corrected chi connectivity index (χ4v) is 3.25. The zero-order chi connectivity index (χ0) is 17.8. The highest BCUT2D eigenvalue weighted by molar-refractivity contribution is 7.57. The van der Waals surface area contributed by atoms with Crippen molar-refractivity contribution in [1.29, 1.82) is 0 Å². The van der Waals surface area contributed by atoms with Crippen LogP contribution in [-0.4, -0.2) is 69.7 Å². The van der Waals surface area contributed by atoms with Gasteiger partial charge in [-0.25, -0.2) is 0 Å². The van der Waals surface area contributed by atoms with Gasteiger partial charge in [-0.3, -0.25) is 9.36 Å². The maximum Gasteiger partial charge on any atom is 0.392 e. The van der Waals surface area contributed by atoms with E-state index in [4.69, 9.17) is 20.1 Å². The summed E-state index contributed by atoms with van der Waals surface area (Å²) in [7, 11) is -4.29. The van der Waals surface area contributed by atoms with E-state index < -0.39 is 56.0 Å². The molecule has 0 spiro atoms. The molecule has 0 radical (unpaired) electrons. The second-order valence-electron chi connectivity index (χ2n) is 5.07. The Morgan fingerprint density at radius 2 is 2.17 bits per heavy atom. The van der Waals surface area contributed by atoms with Gasteiger partial charge in [0, 0.05) is 6.92 Å². The van der Waals surface area contributed by atoms with E-state index in [0.717, 1.165) is 6.08 Å². The van der Waals surface area contributed by atoms with Crippen molar-refractivity contribution in [1.82, 2.24) is 5.32 Å². The van der Waals surface area contributed by atoms with E-state index in [1.165, 1.54) is 13.8 Å². The van der Waals surface area contributed by atoms with Gasteiger partial charge in [-0.1, -0.05) is 0 Å². The van der Waals surface area contributed by atoms with E-state index in [9.17, 15) is 24.5 Å². The first-order valence-electron chi connectivity index (χ1n) is 7.00. The van der Waals surface area contributed by atoms with Gasteiger partial charge in [0.2, 0.25) is 11.4 Å². The Balaban J connectivity index is 3.15. The lowest BCUT2D eigenvalue weighted by molar-refractivity contribution is -0.125. The number of carbonyl (C=O) groups excluding carboxylic acids is 1. The van der Waals surface area contributed by atoms with Crippen LogP contribution in [0.4, 0.5) is 0 Å². The van der Waals surface area contributed by atoms with Gasteiger partial charge >= 0.3 is 7.60 Å². The predicted molar refractivity (Wildman–Crippen MR) is 79.1 cm³/mol. The molecule has 0 saturated heterocycles. The molecule has 0 aromatic rings. The zero-order valence-electron chi connectivity index (χ0n) is 12.8. The van der Waals surface area contributed by atoms with Crippen molar-refractivity contribution in [3.05, 3.63) is 11.6 Å². The quantitative estimate of drug-likeness (QED) is 0.283. The standard InChI is InChI=1S/C12H23N2O8P/c1-3-21-23(19,20)9-4-7(13)10(14-6(2)16)12(22-9)11(18)8(17)5-15/h4,7-8,10-12,15,17-18H,3,5,13H2,1-2H3,(H,14,16)(H,19,20)/t7-,8+,10+,11+,12?/m0/s1. The number of aliphatic hydroxyl groups excluding tert-OH is 3. The number of ether oxygens (including phenoxy) is 1. The Morgan fingerprint density at radius 3 is 2.65 bits per heavy atom. The molecule has 6 atom stereocenters. The first-order chi connectivity index (χ1) is 10.6. The summed E-state index contributed by atoms with van der Waals surface area (Å²) >= 11 is 0. The fraction of sp³-hybridized carbons (Fsp3) is 0.750. The normalized spacial score (nSPS) is 29.7. The average molecular weight is 354 g/mol. The van der Waals surface area contributed by atoms with Crippen molar-refractivity contribution in [3.8, 4) is 0 Å². The van der Waals surface area contributed by atoms with Crippen molar-refractivity contribution >= 4 is 13.5 Å². The molecule has 134 valence electrons. The van der Waals surface area contributed by atoms with Gasteiger partial charge in [0.05, 0.1) is 25.3 Å². The number of nitrogens with two attached hydrogens (primary N) is 1. The summed E-state index contributed by atoms with van der Waals surface area (Å²) in [4.78, 5) is 21.1. The van der Waals surface area contributed by atoms with Gasteiger partial charge in [0.15, 0.2) is 0 Å². The third-order valence-electron chi connectivity index (χ3n) is 3.23. The summed E-state index contributed by atoms with van der Waals surface area (Å²) in [6.45, 7) is 1.89. The van der Waals surface area contributed by atoms with Crippen LogP contribution in [0.3, 0.4) is 0 Å². The topological polar surface area (TPSA) is 172 Å². The molecule has 0 saturated carbocycles. The lowest BCUT2D eigenvalue weighted by Gasteiger charge is -2.39. The molecule has 0 bridgehead atoms. The molecule has 10 nitrogen and oxygen atoms in total. The molecule has 0 aliphatic carbocycles. The van der Waals surface area contributed by atoms with Gasteiger partial charge in [0.1, 0.15) is 18.3 Å². The Bertz CT molecular complexity index is 499. The molecule has 7 N–H and O–H groups in total. The summed E-state index contributed by atoms with van der Waals surface area (Å²) < 4.78 is 22.1. The molecule has 0 aromatic carbocycles. The van der Waals surface area contributed by atoms with Crippen LogP contribution in [0.2, 0.25) is 0 Å². The third-order valence-corrected chi connectivity index (χ3v) is 4.65. The first kappa shape index (κ1) is 20.0. The number of amides is 1. The van der Waals surface area contributed by atoms with Crippen molar-refractivity contribution in [2.75, 3.05) is 13.2 Å². The number of nitrogens with one attached hydrogen (secondary N) is 1. The number of hydrogen-bond acceptors (Lipinski definition) is 8. The SMILES string of the molecule is CCOP(=O)(O)C1=C[C@H](N)[C@@H](NC(C)=O)C([C@H](O)[C@H](O)CO)O1. The summed E-state index contributed by atoms with van der Waals surface area (Å²) in [6, 6.07) is -1.96. The van der Waals surface area contributed by atoms with Crippen molar-refractivity contribution in [2.45, 2.75) is 44.2 Å². The molecule has 1 rings (SSSR count). The van der Waals surface area contributed by atoms with Crippen molar-refractivity contribution in [3.63, 3.8) is 0 Å². The molecule has 1 aliphatic rings. The maximum atomic E-state index is 12.1. The van der Waals surface area contributed by atoms with Crippen LogP contribution in [-0.2, 0) is 18.6 Å². The number of aliphatic hydroxyl groups is 3. The van der Waals surface area contributed by atoms with Gasteiger partial charge in [-0.2, -0.15) is 0 Å². The third kappa shape index (κ3) is 4.98. The highest BCUT2D eigenvalue weighted by atomic mass is 31.2. The minimum Gasteiger partial charge on any atom is -0.478 e. The largest absolute Gasteiger partial charge is 0.478 e. The lowest BCUT2D eigenvalue weighted by Crippen LogP contribution is -2.61. The maximum absolute atomic E-state index is 12.1. The molecule has 11 heteroatoms. The Hall–Kier alpha value is -1.00. The smallest absolute Gasteiger partial charge is 0.392 e. The van der Waals surface area contributed by atoms with Crippen LogP contribution in [0, 0.1) is 0 Å². The summed E-state index contributed by atoms with van der Waals surface area (Å²) in [5.74, 6) is -0.474. The van der Waals surface area contributed by atoms with Crippen molar-refractivity contribution < 1.29 is 38.8 Å². The van der Waals surface area contributed by atoms with E-state index in [-0.39, 0.29) is 6.61 Å². The minimum atomic E-state index is -4.29. The van der Waals surface area contributed by atoms with Crippen molar-refractivity contribution in [2.24, 2.45) is 5.73 Å². The van der Waals surface area contributed by atoms with Crippen LogP contribution < -0.4 is 11.1 Å². The summed E-state index contributed by atoms with van der Waals surface area (Å²) in [5, 5.41) is 31.1. The zero-order valence-corrected chi connectivity index (χ0v) is 13.7. The Kier molecular flexibility index (Phi) is 7.15. The van der Waals surface area contributed by atoms with E-state index in [0.29, 0.717) is 0 Å². The van der Waals surface area contributed by atoms with Crippen LogP contribution in [0.5, 0.6) is 0 Å². The number of rotatable bonds is 7. The summed E-state index contributed by atoms with van der Waals surface area (Å²) in [6.07, 6.45) is -3.48. The highest BCUT2D eigenvalue weighted by Crippen LogP contribution is 2.53. The molecule has 1 amide bonds. The molecular formula is C12H23N2O8P. The summed E-state index contributed by atoms with van der Waals surface area (Å²) in [5.41, 5.74) is 5.38. The van der Waals surface area contributed by atoms with Gasteiger partial charge in [0.25, 0.3) is 0 Å². The lowest BCUT2D eigenvalue weighted by atomic mass is 9.94. The van der Waals surface area contributed by atoms with Crippen LogP contribution in [0.15, 0.2) is 11.6 Å². The highest BCUT2D eigenvalue weighted by Gasteiger charge is 2.45. The number of hydrogen-bond donors (Lipinski definition) is 6. The predicted octanol–water partition coefficient (Wildman–Crippen LogP) is -2.01. The van der Waals surface area contributed by atoms with Gasteiger partial charge in [-0.05, 0) is 13.0 Å². The monoisotopic (exact) mass is 354 g/mol. The van der Waals surface area contributed by atoms with Crippen LogP contribution >= 0.6 is 7.60 Å². The fourth-order valence-electron chi connectivity index (χ4n) is 2.16. The molecule has 2 unspecified atom stereocenters. The van der Waals surface area contributed by atoms with E-state index in [2.05, 4.69) is 5.32 Å². The van der Waals surface area contributed by atoms with Crippen LogP contribution in [0.25, 0.3) is 0 Å². The van der Waals surface area contributed by atoms with E-state index in [1.807, 2.05) is 0 Å². The van der Waals surface area contributed by atoms with E-state index in [1.54, 1.807) is 0 Å². The molecule has 23 heavy (non-hydrogen) atoms. The van der Waals surface area contributed by atoms with Crippen LogP contribution in [0.1, 0.15) is 13.8 Å². The Morgan fingerprint density at radius 1 is 1.57 bits per heavy atom. The Labute approximate surface area is 133 Å². The van der Waals surface area contributed by atoms with E-state index >= 15 is 0 Å². The second-order valence-corrected chi connectivity index (χ2v) is 6.81. The first-order valence-corrected chi connectivity index (χ1v) is 8.57. The molecule has 0 aromatic heterocycles.